The molecule has 0 radical (unpaired) electrons. The molecule has 0 atom stereocenters. The summed E-state index contributed by atoms with van der Waals surface area (Å²) in [6.07, 6.45) is 0. The number of urea groups is 1. The highest BCUT2D eigenvalue weighted by Crippen LogP contribution is 2.24. The van der Waals surface area contributed by atoms with Crippen molar-refractivity contribution in [2.45, 2.75) is 33.2 Å². The Morgan fingerprint density at radius 1 is 1.19 bits per heavy atom. The molecule has 0 bridgehead atoms. The molecule has 1 saturated heterocycles. The first-order valence-electron chi connectivity index (χ1n) is 7.34. The lowest BCUT2D eigenvalue weighted by Gasteiger charge is -2.42. The maximum absolute atomic E-state index is 12.3. The fourth-order valence-corrected chi connectivity index (χ4v) is 3.09. The van der Waals surface area contributed by atoms with Crippen molar-refractivity contribution in [3.8, 4) is 0 Å². The van der Waals surface area contributed by atoms with Crippen LogP contribution in [0.3, 0.4) is 0 Å². The van der Waals surface area contributed by atoms with E-state index in [1.165, 1.54) is 5.56 Å². The number of hydrogen-bond acceptors (Lipinski definition) is 2. The monoisotopic (exact) mass is 353 g/mol. The van der Waals surface area contributed by atoms with Gasteiger partial charge in [0.1, 0.15) is 0 Å². The molecule has 0 aromatic heterocycles. The van der Waals surface area contributed by atoms with Crippen molar-refractivity contribution in [1.29, 1.82) is 0 Å². The molecular formula is C16H24BrN3O. The van der Waals surface area contributed by atoms with Gasteiger partial charge in [-0.25, -0.2) is 4.79 Å². The molecule has 1 aliphatic rings. The zero-order chi connectivity index (χ0) is 15.6. The molecule has 0 unspecified atom stereocenters. The van der Waals surface area contributed by atoms with Crippen molar-refractivity contribution in [3.63, 3.8) is 0 Å². The van der Waals surface area contributed by atoms with E-state index in [1.807, 2.05) is 30.0 Å². The number of nitrogens with zero attached hydrogens (tertiary/aromatic N) is 2. The average molecular weight is 354 g/mol. The van der Waals surface area contributed by atoms with E-state index in [0.717, 1.165) is 36.3 Å². The maximum Gasteiger partial charge on any atom is 0.321 e. The Labute approximate surface area is 135 Å². The molecule has 1 aromatic carbocycles. The smallest absolute Gasteiger partial charge is 0.321 e. The van der Waals surface area contributed by atoms with Gasteiger partial charge in [0.2, 0.25) is 0 Å². The number of aryl methyl sites for hydroxylation is 1. The largest absolute Gasteiger partial charge is 0.322 e. The topological polar surface area (TPSA) is 35.6 Å². The van der Waals surface area contributed by atoms with E-state index in [-0.39, 0.29) is 11.6 Å². The lowest BCUT2D eigenvalue weighted by molar-refractivity contribution is 0.0774. The van der Waals surface area contributed by atoms with Gasteiger partial charge in [-0.1, -0.05) is 6.07 Å². The third kappa shape index (κ3) is 4.20. The number of piperazine rings is 1. The second kappa shape index (κ2) is 6.36. The van der Waals surface area contributed by atoms with Gasteiger partial charge in [-0.3, -0.25) is 4.90 Å². The van der Waals surface area contributed by atoms with Crippen LogP contribution in [0, 0.1) is 6.92 Å². The highest BCUT2D eigenvalue weighted by molar-refractivity contribution is 9.10. The van der Waals surface area contributed by atoms with E-state index in [2.05, 4.69) is 46.9 Å². The van der Waals surface area contributed by atoms with E-state index in [1.54, 1.807) is 0 Å². The summed E-state index contributed by atoms with van der Waals surface area (Å²) < 4.78 is 0.921. The Kier molecular flexibility index (Phi) is 4.94. The highest BCUT2D eigenvalue weighted by atomic mass is 79.9. The van der Waals surface area contributed by atoms with Crippen molar-refractivity contribution in [2.24, 2.45) is 0 Å². The second-order valence-corrected chi connectivity index (χ2v) is 7.41. The molecule has 0 saturated carbocycles. The van der Waals surface area contributed by atoms with Gasteiger partial charge >= 0.3 is 6.03 Å². The summed E-state index contributed by atoms with van der Waals surface area (Å²) in [7, 11) is 0. The summed E-state index contributed by atoms with van der Waals surface area (Å²) >= 11 is 3.49. The van der Waals surface area contributed by atoms with E-state index in [0.29, 0.717) is 0 Å². The third-order valence-electron chi connectivity index (χ3n) is 3.88. The maximum atomic E-state index is 12.3. The Morgan fingerprint density at radius 3 is 2.33 bits per heavy atom. The van der Waals surface area contributed by atoms with Gasteiger partial charge in [0.25, 0.3) is 0 Å². The first kappa shape index (κ1) is 16.3. The van der Waals surface area contributed by atoms with E-state index < -0.39 is 0 Å². The van der Waals surface area contributed by atoms with Crippen molar-refractivity contribution < 1.29 is 4.79 Å². The number of amides is 2. The van der Waals surface area contributed by atoms with Crippen LogP contribution in [-0.4, -0.2) is 47.5 Å². The van der Waals surface area contributed by atoms with E-state index >= 15 is 0 Å². The summed E-state index contributed by atoms with van der Waals surface area (Å²) in [6.45, 7) is 12.1. The van der Waals surface area contributed by atoms with Crippen LogP contribution in [0.2, 0.25) is 0 Å². The molecule has 2 rings (SSSR count). The van der Waals surface area contributed by atoms with Crippen LogP contribution >= 0.6 is 15.9 Å². The second-order valence-electron chi connectivity index (χ2n) is 6.56. The average Bonchev–Trinajstić information content (AvgIpc) is 2.41. The standard InChI is InChI=1S/C16H24BrN3O/c1-12-5-6-14(13(17)11-12)18-15(21)19-7-9-20(10-8-19)16(2,3)4/h5-6,11H,7-10H2,1-4H3,(H,18,21). The molecule has 4 nitrogen and oxygen atoms in total. The van der Waals surface area contributed by atoms with E-state index in [4.69, 9.17) is 0 Å². The Balaban J connectivity index is 1.93. The number of rotatable bonds is 1. The molecule has 1 heterocycles. The molecule has 21 heavy (non-hydrogen) atoms. The Morgan fingerprint density at radius 2 is 1.81 bits per heavy atom. The molecule has 1 fully saturated rings. The third-order valence-corrected chi connectivity index (χ3v) is 4.54. The van der Waals surface area contributed by atoms with Gasteiger partial charge in [-0.05, 0) is 61.3 Å². The van der Waals surface area contributed by atoms with E-state index in [9.17, 15) is 4.79 Å². The molecular weight excluding hydrogens is 330 g/mol. The highest BCUT2D eigenvalue weighted by Gasteiger charge is 2.27. The Hall–Kier alpha value is -1.07. The number of carbonyl (C=O) groups is 1. The van der Waals surface area contributed by atoms with Crippen LogP contribution in [0.1, 0.15) is 26.3 Å². The number of nitrogens with one attached hydrogen (secondary N) is 1. The van der Waals surface area contributed by atoms with Crippen LogP contribution < -0.4 is 5.32 Å². The van der Waals surface area contributed by atoms with Gasteiger partial charge in [-0.15, -0.1) is 0 Å². The number of halogens is 1. The molecule has 5 heteroatoms. The van der Waals surface area contributed by atoms with Crippen molar-refractivity contribution in [2.75, 3.05) is 31.5 Å². The van der Waals surface area contributed by atoms with Crippen LogP contribution in [0.4, 0.5) is 10.5 Å². The summed E-state index contributed by atoms with van der Waals surface area (Å²) in [5.41, 5.74) is 2.16. The number of anilines is 1. The lowest BCUT2D eigenvalue weighted by Crippen LogP contribution is -2.55. The minimum atomic E-state index is -0.0203. The molecule has 1 aromatic rings. The zero-order valence-electron chi connectivity index (χ0n) is 13.2. The minimum absolute atomic E-state index is 0.0203. The predicted molar refractivity (Wildman–Crippen MR) is 90.8 cm³/mol. The minimum Gasteiger partial charge on any atom is -0.322 e. The number of carbonyl (C=O) groups excluding carboxylic acids is 1. The fourth-order valence-electron chi connectivity index (χ4n) is 2.50. The summed E-state index contributed by atoms with van der Waals surface area (Å²) in [5.74, 6) is 0. The molecule has 0 aliphatic carbocycles. The van der Waals surface area contributed by atoms with Crippen LogP contribution in [0.5, 0.6) is 0 Å². The van der Waals surface area contributed by atoms with Gasteiger partial charge in [0.15, 0.2) is 0 Å². The van der Waals surface area contributed by atoms with Crippen LogP contribution in [0.25, 0.3) is 0 Å². The van der Waals surface area contributed by atoms with Gasteiger partial charge in [-0.2, -0.15) is 0 Å². The number of benzene rings is 1. The van der Waals surface area contributed by atoms with Crippen molar-refractivity contribution in [1.82, 2.24) is 9.80 Å². The molecule has 2 amide bonds. The predicted octanol–water partition coefficient (Wildman–Crippen LogP) is 3.71. The normalized spacial score (nSPS) is 16.9. The van der Waals surface area contributed by atoms with Crippen LogP contribution in [0.15, 0.2) is 22.7 Å². The Bertz CT molecular complexity index is 517. The molecule has 0 spiro atoms. The SMILES string of the molecule is Cc1ccc(NC(=O)N2CCN(C(C)(C)C)CC2)c(Br)c1. The van der Waals surface area contributed by atoms with Gasteiger partial charge < -0.3 is 10.2 Å². The van der Waals surface area contributed by atoms with Crippen LogP contribution in [-0.2, 0) is 0 Å². The molecule has 1 N–H and O–H groups in total. The quantitative estimate of drug-likeness (QED) is 0.835. The fraction of sp³-hybridized carbons (Fsp3) is 0.562. The first-order valence-corrected chi connectivity index (χ1v) is 8.14. The first-order chi connectivity index (χ1) is 9.77. The zero-order valence-corrected chi connectivity index (χ0v) is 14.8. The number of hydrogen-bond donors (Lipinski definition) is 1. The summed E-state index contributed by atoms with van der Waals surface area (Å²) in [4.78, 5) is 16.6. The van der Waals surface area contributed by atoms with Crippen molar-refractivity contribution in [3.05, 3.63) is 28.2 Å². The van der Waals surface area contributed by atoms with Gasteiger partial charge in [0.05, 0.1) is 5.69 Å². The lowest BCUT2D eigenvalue weighted by atomic mass is 10.1. The van der Waals surface area contributed by atoms with Gasteiger partial charge in [0, 0.05) is 36.2 Å². The summed E-state index contributed by atoms with van der Waals surface area (Å²) in [5, 5.41) is 2.98. The molecule has 1 aliphatic heterocycles. The molecule has 116 valence electrons. The van der Waals surface area contributed by atoms with Crippen molar-refractivity contribution >= 4 is 27.6 Å². The summed E-state index contributed by atoms with van der Waals surface area (Å²) in [6, 6.07) is 5.92.